The first kappa shape index (κ1) is 10.8. The number of rotatable bonds is 2. The lowest BCUT2D eigenvalue weighted by molar-refractivity contribution is 0.912. The van der Waals surface area contributed by atoms with Crippen LogP contribution >= 0.6 is 0 Å². The van der Waals surface area contributed by atoms with Gasteiger partial charge in [0.25, 0.3) is 5.56 Å². The van der Waals surface area contributed by atoms with Crippen LogP contribution < -0.4 is 5.56 Å². The largest absolute Gasteiger partial charge is 0.269 e. The van der Waals surface area contributed by atoms with E-state index in [0.29, 0.717) is 6.42 Å². The van der Waals surface area contributed by atoms with Gasteiger partial charge >= 0.3 is 0 Å². The maximum Gasteiger partial charge on any atom is 0.257 e. The molecule has 0 saturated carbocycles. The van der Waals surface area contributed by atoms with E-state index in [1.807, 2.05) is 18.2 Å². The molecular weight excluding hydrogens is 226 g/mol. The van der Waals surface area contributed by atoms with E-state index in [0.717, 1.165) is 11.5 Å². The number of benzene rings is 1. The molecule has 0 saturated heterocycles. The maximum atomic E-state index is 11.8. The number of aromatic amines is 1. The van der Waals surface area contributed by atoms with Gasteiger partial charge in [-0.1, -0.05) is 30.3 Å². The summed E-state index contributed by atoms with van der Waals surface area (Å²) in [7, 11) is 0. The van der Waals surface area contributed by atoms with Crippen molar-refractivity contribution in [1.29, 1.82) is 0 Å². The topological polar surface area (TPSA) is 50.2 Å². The van der Waals surface area contributed by atoms with Crippen LogP contribution in [0.2, 0.25) is 0 Å². The SMILES string of the molecule is Cc1ccccc1Cc1n[nH]c2cccc(=O)n12. The van der Waals surface area contributed by atoms with Gasteiger partial charge in [0, 0.05) is 12.5 Å². The molecule has 1 N–H and O–H groups in total. The Bertz CT molecular complexity index is 755. The van der Waals surface area contributed by atoms with Crippen LogP contribution in [0.5, 0.6) is 0 Å². The molecule has 90 valence electrons. The zero-order valence-corrected chi connectivity index (χ0v) is 10.1. The number of nitrogens with zero attached hydrogens (tertiary/aromatic N) is 2. The maximum absolute atomic E-state index is 11.8. The number of hydrogen-bond donors (Lipinski definition) is 1. The molecule has 0 unspecified atom stereocenters. The van der Waals surface area contributed by atoms with Crippen LogP contribution in [0, 0.1) is 6.92 Å². The highest BCUT2D eigenvalue weighted by Gasteiger charge is 2.08. The monoisotopic (exact) mass is 239 g/mol. The van der Waals surface area contributed by atoms with Crippen molar-refractivity contribution >= 4 is 5.65 Å². The van der Waals surface area contributed by atoms with Crippen LogP contribution in [0.15, 0.2) is 47.3 Å². The second-order valence-corrected chi connectivity index (χ2v) is 4.33. The molecule has 4 heteroatoms. The molecule has 3 aromatic rings. The Hall–Kier alpha value is -2.36. The Morgan fingerprint density at radius 2 is 2.00 bits per heavy atom. The summed E-state index contributed by atoms with van der Waals surface area (Å²) in [4.78, 5) is 11.8. The second kappa shape index (κ2) is 4.14. The predicted octanol–water partition coefficient (Wildman–Crippen LogP) is 1.92. The molecule has 0 radical (unpaired) electrons. The molecule has 0 bridgehead atoms. The summed E-state index contributed by atoms with van der Waals surface area (Å²) < 4.78 is 1.62. The van der Waals surface area contributed by atoms with E-state index in [4.69, 9.17) is 0 Å². The molecule has 18 heavy (non-hydrogen) atoms. The Morgan fingerprint density at radius 3 is 2.83 bits per heavy atom. The van der Waals surface area contributed by atoms with Crippen molar-refractivity contribution in [2.75, 3.05) is 0 Å². The van der Waals surface area contributed by atoms with Gasteiger partial charge in [-0.25, -0.2) is 4.40 Å². The van der Waals surface area contributed by atoms with Gasteiger partial charge in [0.2, 0.25) is 0 Å². The lowest BCUT2D eigenvalue weighted by atomic mass is 10.1. The summed E-state index contributed by atoms with van der Waals surface area (Å²) in [5.41, 5.74) is 3.07. The van der Waals surface area contributed by atoms with Crippen LogP contribution in [0.25, 0.3) is 5.65 Å². The van der Waals surface area contributed by atoms with Crippen LogP contribution in [-0.4, -0.2) is 14.6 Å². The molecule has 0 aliphatic rings. The van der Waals surface area contributed by atoms with Gasteiger partial charge in [-0.15, -0.1) is 0 Å². The van der Waals surface area contributed by atoms with E-state index >= 15 is 0 Å². The number of H-pyrrole nitrogens is 1. The molecule has 2 heterocycles. The average molecular weight is 239 g/mol. The predicted molar refractivity (Wildman–Crippen MR) is 69.8 cm³/mol. The molecule has 0 fully saturated rings. The van der Waals surface area contributed by atoms with Crippen molar-refractivity contribution in [3.05, 3.63) is 69.8 Å². The number of hydrogen-bond acceptors (Lipinski definition) is 2. The standard InChI is InChI=1S/C14H13N3O/c1-10-5-2-3-6-11(10)9-13-16-15-12-7-4-8-14(18)17(12)13/h2-8,15H,9H2,1H3. The summed E-state index contributed by atoms with van der Waals surface area (Å²) >= 11 is 0. The summed E-state index contributed by atoms with van der Waals surface area (Å²) in [6.45, 7) is 2.06. The van der Waals surface area contributed by atoms with Crippen LogP contribution in [0.4, 0.5) is 0 Å². The van der Waals surface area contributed by atoms with E-state index in [1.165, 1.54) is 11.1 Å². The van der Waals surface area contributed by atoms with E-state index in [2.05, 4.69) is 29.3 Å². The number of aromatic nitrogens is 3. The summed E-state index contributed by atoms with van der Waals surface area (Å²) in [6.07, 6.45) is 0.649. The highest BCUT2D eigenvalue weighted by molar-refractivity contribution is 5.38. The van der Waals surface area contributed by atoms with Gasteiger partial charge in [0.05, 0.1) is 0 Å². The molecule has 2 aromatic heterocycles. The van der Waals surface area contributed by atoms with Gasteiger partial charge in [-0.2, -0.15) is 5.10 Å². The van der Waals surface area contributed by atoms with Crippen molar-refractivity contribution in [3.8, 4) is 0 Å². The van der Waals surface area contributed by atoms with Crippen molar-refractivity contribution in [2.24, 2.45) is 0 Å². The van der Waals surface area contributed by atoms with Crippen molar-refractivity contribution in [1.82, 2.24) is 14.6 Å². The lowest BCUT2D eigenvalue weighted by Crippen LogP contribution is -2.13. The summed E-state index contributed by atoms with van der Waals surface area (Å²) in [6, 6.07) is 13.2. The van der Waals surface area contributed by atoms with Crippen molar-refractivity contribution in [2.45, 2.75) is 13.3 Å². The fraction of sp³-hybridized carbons (Fsp3) is 0.143. The summed E-state index contributed by atoms with van der Waals surface area (Å²) in [5, 5.41) is 7.11. The van der Waals surface area contributed by atoms with Crippen LogP contribution in [0.3, 0.4) is 0 Å². The molecule has 1 aromatic carbocycles. The molecule has 4 nitrogen and oxygen atoms in total. The molecular formula is C14H13N3O. The summed E-state index contributed by atoms with van der Waals surface area (Å²) in [5.74, 6) is 0.741. The average Bonchev–Trinajstić information content (AvgIpc) is 2.77. The first-order valence-corrected chi connectivity index (χ1v) is 5.85. The van der Waals surface area contributed by atoms with E-state index in [-0.39, 0.29) is 5.56 Å². The molecule has 3 rings (SSSR count). The zero-order chi connectivity index (χ0) is 12.5. The zero-order valence-electron chi connectivity index (χ0n) is 10.1. The lowest BCUT2D eigenvalue weighted by Gasteiger charge is -2.03. The Morgan fingerprint density at radius 1 is 1.17 bits per heavy atom. The van der Waals surface area contributed by atoms with Gasteiger partial charge < -0.3 is 0 Å². The number of nitrogens with one attached hydrogen (secondary N) is 1. The number of pyridine rings is 1. The van der Waals surface area contributed by atoms with E-state index in [1.54, 1.807) is 16.5 Å². The Kier molecular flexibility index (Phi) is 2.48. The highest BCUT2D eigenvalue weighted by atomic mass is 16.1. The first-order chi connectivity index (χ1) is 8.75. The molecule has 0 aliphatic carbocycles. The van der Waals surface area contributed by atoms with Crippen molar-refractivity contribution < 1.29 is 0 Å². The minimum atomic E-state index is -0.0511. The smallest absolute Gasteiger partial charge is 0.257 e. The fourth-order valence-corrected chi connectivity index (χ4v) is 2.11. The third kappa shape index (κ3) is 1.72. The van der Waals surface area contributed by atoms with Gasteiger partial charge in [-0.05, 0) is 24.1 Å². The first-order valence-electron chi connectivity index (χ1n) is 5.85. The minimum absolute atomic E-state index is 0.0511. The normalized spacial score (nSPS) is 10.9. The molecule has 0 aliphatic heterocycles. The van der Waals surface area contributed by atoms with Crippen LogP contribution in [0.1, 0.15) is 17.0 Å². The molecule has 0 atom stereocenters. The van der Waals surface area contributed by atoms with Gasteiger partial charge in [0.15, 0.2) is 0 Å². The quantitative estimate of drug-likeness (QED) is 0.742. The van der Waals surface area contributed by atoms with Crippen molar-refractivity contribution in [3.63, 3.8) is 0 Å². The second-order valence-electron chi connectivity index (χ2n) is 4.33. The van der Waals surface area contributed by atoms with Crippen LogP contribution in [-0.2, 0) is 6.42 Å². The van der Waals surface area contributed by atoms with Gasteiger partial charge in [-0.3, -0.25) is 9.89 Å². The number of aryl methyl sites for hydroxylation is 1. The third-order valence-electron chi connectivity index (χ3n) is 3.12. The molecule has 0 amide bonds. The highest BCUT2D eigenvalue weighted by Crippen LogP contribution is 2.12. The fourth-order valence-electron chi connectivity index (χ4n) is 2.11. The van der Waals surface area contributed by atoms with E-state index in [9.17, 15) is 4.79 Å². The Balaban J connectivity index is 2.11. The minimum Gasteiger partial charge on any atom is -0.269 e. The van der Waals surface area contributed by atoms with E-state index < -0.39 is 0 Å². The molecule has 0 spiro atoms. The Labute approximate surface area is 104 Å². The number of fused-ring (bicyclic) bond motifs is 1. The van der Waals surface area contributed by atoms with Gasteiger partial charge in [0.1, 0.15) is 11.5 Å². The third-order valence-corrected chi connectivity index (χ3v) is 3.12.